The van der Waals surface area contributed by atoms with Gasteiger partial charge in [-0.15, -0.1) is 0 Å². The molecular weight excluding hydrogens is 356 g/mol. The topological polar surface area (TPSA) is 81.5 Å². The Labute approximate surface area is 161 Å². The fraction of sp³-hybridized carbons (Fsp3) is 0.190. The zero-order valence-electron chi connectivity index (χ0n) is 15.9. The Kier molecular flexibility index (Phi) is 4.57. The zero-order valence-corrected chi connectivity index (χ0v) is 15.9. The molecule has 0 aliphatic heterocycles. The summed E-state index contributed by atoms with van der Waals surface area (Å²) in [5.41, 5.74) is 2.51. The minimum atomic E-state index is -0.243. The molecule has 0 unspecified atom stereocenters. The van der Waals surface area contributed by atoms with Gasteiger partial charge in [-0.1, -0.05) is 18.2 Å². The molecule has 0 amide bonds. The summed E-state index contributed by atoms with van der Waals surface area (Å²) in [4.78, 5) is 20.7. The molecule has 0 atom stereocenters. The van der Waals surface area contributed by atoms with Crippen molar-refractivity contribution in [1.29, 1.82) is 0 Å². The number of para-hydroxylation sites is 1. The van der Waals surface area contributed by atoms with Gasteiger partial charge in [0.05, 0.1) is 19.9 Å². The number of benzene rings is 2. The van der Waals surface area contributed by atoms with E-state index in [4.69, 9.17) is 9.47 Å². The van der Waals surface area contributed by atoms with Crippen LogP contribution in [0.5, 0.6) is 11.5 Å². The first-order valence-corrected chi connectivity index (χ1v) is 8.97. The molecule has 142 valence electrons. The molecule has 2 heterocycles. The number of hydrogen-bond donors (Lipinski definition) is 1. The SMILES string of the molecule is CCOc1ccc(C=Nn2c(C)nc3c([nH]c4ccccc43)c2=O)cc1OC. The van der Waals surface area contributed by atoms with Gasteiger partial charge in [0.2, 0.25) is 0 Å². The molecule has 7 heteroatoms. The van der Waals surface area contributed by atoms with Gasteiger partial charge in [-0.25, -0.2) is 4.98 Å². The minimum absolute atomic E-state index is 0.243. The molecule has 0 saturated heterocycles. The van der Waals surface area contributed by atoms with Crippen LogP contribution in [0, 0.1) is 6.92 Å². The Hall–Kier alpha value is -3.61. The van der Waals surface area contributed by atoms with Gasteiger partial charge in [-0.2, -0.15) is 9.78 Å². The van der Waals surface area contributed by atoms with Crippen LogP contribution in [0.3, 0.4) is 0 Å². The number of nitrogens with one attached hydrogen (secondary N) is 1. The molecule has 2 aromatic carbocycles. The highest BCUT2D eigenvalue weighted by molar-refractivity contribution is 6.04. The average molecular weight is 376 g/mol. The third kappa shape index (κ3) is 3.00. The lowest BCUT2D eigenvalue weighted by Crippen LogP contribution is -2.20. The van der Waals surface area contributed by atoms with Crippen molar-refractivity contribution < 1.29 is 9.47 Å². The van der Waals surface area contributed by atoms with Crippen LogP contribution in [-0.4, -0.2) is 34.6 Å². The van der Waals surface area contributed by atoms with Crippen LogP contribution in [0.4, 0.5) is 0 Å². The number of fused-ring (bicyclic) bond motifs is 3. The fourth-order valence-corrected chi connectivity index (χ4v) is 3.16. The second-order valence-electron chi connectivity index (χ2n) is 6.26. The van der Waals surface area contributed by atoms with Crippen LogP contribution < -0.4 is 15.0 Å². The first-order valence-electron chi connectivity index (χ1n) is 8.97. The van der Waals surface area contributed by atoms with Crippen molar-refractivity contribution in [3.8, 4) is 11.5 Å². The van der Waals surface area contributed by atoms with Crippen LogP contribution in [0.25, 0.3) is 21.9 Å². The Bertz CT molecular complexity index is 1250. The van der Waals surface area contributed by atoms with E-state index in [1.807, 2.05) is 49.4 Å². The van der Waals surface area contributed by atoms with E-state index < -0.39 is 0 Å². The van der Waals surface area contributed by atoms with E-state index in [1.165, 1.54) is 4.68 Å². The molecule has 1 N–H and O–H groups in total. The van der Waals surface area contributed by atoms with Gasteiger partial charge >= 0.3 is 0 Å². The van der Waals surface area contributed by atoms with Gasteiger partial charge in [0.15, 0.2) is 11.5 Å². The number of hydrogen-bond acceptors (Lipinski definition) is 5. The smallest absolute Gasteiger partial charge is 0.298 e. The third-order valence-corrected chi connectivity index (χ3v) is 4.47. The number of aromatic nitrogens is 3. The summed E-state index contributed by atoms with van der Waals surface area (Å²) in [5.74, 6) is 1.78. The molecule has 0 saturated carbocycles. The maximum absolute atomic E-state index is 12.9. The van der Waals surface area contributed by atoms with Crippen LogP contribution in [0.2, 0.25) is 0 Å². The second-order valence-corrected chi connectivity index (χ2v) is 6.26. The van der Waals surface area contributed by atoms with Crippen LogP contribution >= 0.6 is 0 Å². The van der Waals surface area contributed by atoms with E-state index in [-0.39, 0.29) is 5.56 Å². The van der Waals surface area contributed by atoms with Crippen LogP contribution in [-0.2, 0) is 0 Å². The highest BCUT2D eigenvalue weighted by Gasteiger charge is 2.13. The Morgan fingerprint density at radius 1 is 1.21 bits per heavy atom. The van der Waals surface area contributed by atoms with Gasteiger partial charge in [0.1, 0.15) is 16.9 Å². The Balaban J connectivity index is 1.77. The summed E-state index contributed by atoms with van der Waals surface area (Å²) < 4.78 is 12.2. The molecule has 0 bridgehead atoms. The number of nitrogens with zero attached hydrogens (tertiary/aromatic N) is 3. The van der Waals surface area contributed by atoms with Crippen molar-refractivity contribution in [2.75, 3.05) is 13.7 Å². The molecule has 7 nitrogen and oxygen atoms in total. The molecule has 0 spiro atoms. The van der Waals surface area contributed by atoms with Crippen molar-refractivity contribution in [3.63, 3.8) is 0 Å². The van der Waals surface area contributed by atoms with Gasteiger partial charge in [0.25, 0.3) is 5.56 Å². The van der Waals surface area contributed by atoms with Crippen molar-refractivity contribution in [1.82, 2.24) is 14.6 Å². The van der Waals surface area contributed by atoms with E-state index in [0.717, 1.165) is 16.5 Å². The molecule has 0 aliphatic carbocycles. The van der Waals surface area contributed by atoms with E-state index >= 15 is 0 Å². The summed E-state index contributed by atoms with van der Waals surface area (Å²) in [7, 11) is 1.58. The molecule has 2 aromatic heterocycles. The van der Waals surface area contributed by atoms with E-state index in [1.54, 1.807) is 20.2 Å². The molecule has 0 aliphatic rings. The van der Waals surface area contributed by atoms with Gasteiger partial charge in [-0.3, -0.25) is 4.79 Å². The first-order chi connectivity index (χ1) is 13.6. The summed E-state index contributed by atoms with van der Waals surface area (Å²) in [6.07, 6.45) is 1.60. The van der Waals surface area contributed by atoms with Crippen LogP contribution in [0.15, 0.2) is 52.4 Å². The number of aryl methyl sites for hydroxylation is 1. The Morgan fingerprint density at radius 3 is 2.82 bits per heavy atom. The number of ether oxygens (including phenoxy) is 2. The monoisotopic (exact) mass is 376 g/mol. The van der Waals surface area contributed by atoms with E-state index in [2.05, 4.69) is 15.1 Å². The zero-order chi connectivity index (χ0) is 19.7. The summed E-state index contributed by atoms with van der Waals surface area (Å²) in [5, 5.41) is 5.27. The summed E-state index contributed by atoms with van der Waals surface area (Å²) >= 11 is 0. The van der Waals surface area contributed by atoms with Gasteiger partial charge in [-0.05, 0) is 43.7 Å². The maximum atomic E-state index is 12.9. The molecule has 4 rings (SSSR count). The highest BCUT2D eigenvalue weighted by Crippen LogP contribution is 2.27. The van der Waals surface area contributed by atoms with Gasteiger partial charge in [0, 0.05) is 10.9 Å². The Morgan fingerprint density at radius 2 is 2.04 bits per heavy atom. The molecule has 0 fully saturated rings. The lowest BCUT2D eigenvalue weighted by Gasteiger charge is -2.09. The van der Waals surface area contributed by atoms with Crippen LogP contribution in [0.1, 0.15) is 18.3 Å². The largest absolute Gasteiger partial charge is 0.493 e. The number of rotatable bonds is 5. The number of aromatic amines is 1. The molecule has 0 radical (unpaired) electrons. The molecular formula is C21H20N4O3. The highest BCUT2D eigenvalue weighted by atomic mass is 16.5. The van der Waals surface area contributed by atoms with E-state index in [9.17, 15) is 4.79 Å². The maximum Gasteiger partial charge on any atom is 0.298 e. The first kappa shape index (κ1) is 17.8. The summed E-state index contributed by atoms with van der Waals surface area (Å²) in [6, 6.07) is 13.2. The van der Waals surface area contributed by atoms with Crippen molar-refractivity contribution in [2.45, 2.75) is 13.8 Å². The van der Waals surface area contributed by atoms with Crippen molar-refractivity contribution in [2.24, 2.45) is 5.10 Å². The lowest BCUT2D eigenvalue weighted by atomic mass is 10.2. The summed E-state index contributed by atoms with van der Waals surface area (Å²) in [6.45, 7) is 4.23. The minimum Gasteiger partial charge on any atom is -0.493 e. The normalized spacial score (nSPS) is 11.5. The number of H-pyrrole nitrogens is 1. The predicted molar refractivity (Wildman–Crippen MR) is 110 cm³/mol. The quantitative estimate of drug-likeness (QED) is 0.541. The second kappa shape index (κ2) is 7.19. The molecule has 28 heavy (non-hydrogen) atoms. The fourth-order valence-electron chi connectivity index (χ4n) is 3.16. The molecule has 4 aromatic rings. The van der Waals surface area contributed by atoms with Gasteiger partial charge < -0.3 is 14.5 Å². The predicted octanol–water partition coefficient (Wildman–Crippen LogP) is 3.48. The standard InChI is InChI=1S/C21H20N4O3/c1-4-28-17-10-9-14(11-18(17)27-3)12-22-25-13(2)23-19-15-7-5-6-8-16(15)24-20(19)21(25)26/h5-12,24H,4H2,1-3H3. The lowest BCUT2D eigenvalue weighted by molar-refractivity contribution is 0.311. The van der Waals surface area contributed by atoms with Crippen molar-refractivity contribution in [3.05, 3.63) is 64.2 Å². The van der Waals surface area contributed by atoms with Crippen molar-refractivity contribution >= 4 is 28.2 Å². The van der Waals surface area contributed by atoms with E-state index in [0.29, 0.717) is 35.0 Å². The average Bonchev–Trinajstić information content (AvgIpc) is 3.08. The number of methoxy groups -OCH3 is 1. The third-order valence-electron chi connectivity index (χ3n) is 4.47.